The highest BCUT2D eigenvalue weighted by atomic mass is 19.1. The van der Waals surface area contributed by atoms with E-state index in [4.69, 9.17) is 4.74 Å². The number of anilines is 1. The molecule has 1 amide bonds. The van der Waals surface area contributed by atoms with Crippen LogP contribution in [0.2, 0.25) is 0 Å². The molecule has 10 heteroatoms. The average molecular weight is 402 g/mol. The minimum atomic E-state index is -1.87. The van der Waals surface area contributed by atoms with Crippen LogP contribution in [0.25, 0.3) is 16.9 Å². The van der Waals surface area contributed by atoms with Crippen molar-refractivity contribution in [2.75, 3.05) is 19.0 Å². The number of carbonyl (C=O) groups excluding carboxylic acids is 1. The largest absolute Gasteiger partial charge is 0.481 e. The summed E-state index contributed by atoms with van der Waals surface area (Å²) in [7, 11) is 1.52. The van der Waals surface area contributed by atoms with Gasteiger partial charge in [-0.15, -0.1) is 0 Å². The smallest absolute Gasteiger partial charge is 0.263 e. The lowest BCUT2D eigenvalue weighted by Gasteiger charge is -2.27. The third-order valence-electron chi connectivity index (χ3n) is 5.22. The van der Waals surface area contributed by atoms with Crippen LogP contribution in [0.1, 0.15) is 32.1 Å². The van der Waals surface area contributed by atoms with Gasteiger partial charge in [-0.1, -0.05) is 6.42 Å². The number of aromatic nitrogens is 5. The number of amides is 1. The number of hydrogen-bond acceptors (Lipinski definition) is 6. The number of halogens is 1. The van der Waals surface area contributed by atoms with E-state index in [1.807, 2.05) is 0 Å². The van der Waals surface area contributed by atoms with Crippen LogP contribution in [0.4, 0.5) is 10.2 Å². The fourth-order valence-corrected chi connectivity index (χ4v) is 3.63. The minimum absolute atomic E-state index is 0.158. The summed E-state index contributed by atoms with van der Waals surface area (Å²) in [6, 6.07) is 3.32. The molecule has 3 heterocycles. The Kier molecular flexibility index (Phi) is 5.18. The summed E-state index contributed by atoms with van der Waals surface area (Å²) in [6.45, 7) is -0.0174. The van der Waals surface area contributed by atoms with Crippen molar-refractivity contribution in [2.45, 2.75) is 44.3 Å². The fraction of sp³-hybridized carbons (Fsp3) is 0.474. The van der Waals surface area contributed by atoms with Crippen molar-refractivity contribution >= 4 is 17.4 Å². The first-order chi connectivity index (χ1) is 14.0. The van der Waals surface area contributed by atoms with Gasteiger partial charge in [-0.05, 0) is 25.7 Å². The van der Waals surface area contributed by atoms with Gasteiger partial charge < -0.3 is 15.2 Å². The molecule has 1 aliphatic carbocycles. The summed E-state index contributed by atoms with van der Waals surface area (Å²) >= 11 is 0. The number of aliphatic hydroxyl groups excluding tert-OH is 1. The van der Waals surface area contributed by atoms with Gasteiger partial charge in [0.1, 0.15) is 5.82 Å². The van der Waals surface area contributed by atoms with Crippen LogP contribution in [0.3, 0.4) is 0 Å². The molecular weight excluding hydrogens is 379 g/mol. The zero-order valence-electron chi connectivity index (χ0n) is 16.1. The lowest BCUT2D eigenvalue weighted by molar-refractivity contribution is -0.129. The maximum absolute atomic E-state index is 15.0. The fourth-order valence-electron chi connectivity index (χ4n) is 3.63. The van der Waals surface area contributed by atoms with Crippen LogP contribution in [0, 0.1) is 0 Å². The normalized spacial score (nSPS) is 16.1. The average Bonchev–Trinajstić information content (AvgIpc) is 3.32. The van der Waals surface area contributed by atoms with E-state index in [9.17, 15) is 9.90 Å². The predicted molar refractivity (Wildman–Crippen MR) is 103 cm³/mol. The Bertz CT molecular complexity index is 1020. The molecule has 0 spiro atoms. The predicted octanol–water partition coefficient (Wildman–Crippen LogP) is 2.20. The van der Waals surface area contributed by atoms with Crippen molar-refractivity contribution in [1.29, 1.82) is 0 Å². The summed E-state index contributed by atoms with van der Waals surface area (Å²) in [5, 5.41) is 20.7. The minimum Gasteiger partial charge on any atom is -0.481 e. The van der Waals surface area contributed by atoms with Crippen molar-refractivity contribution in [2.24, 2.45) is 0 Å². The molecule has 1 aliphatic rings. The van der Waals surface area contributed by atoms with E-state index in [0.29, 0.717) is 41.4 Å². The molecule has 9 nitrogen and oxygen atoms in total. The van der Waals surface area contributed by atoms with Crippen molar-refractivity contribution < 1.29 is 19.0 Å². The molecule has 1 saturated carbocycles. The Labute approximate surface area is 166 Å². The van der Waals surface area contributed by atoms with E-state index in [1.165, 1.54) is 11.8 Å². The molecule has 0 unspecified atom stereocenters. The molecule has 0 bridgehead atoms. The van der Waals surface area contributed by atoms with Crippen molar-refractivity contribution in [3.8, 4) is 17.1 Å². The Morgan fingerprint density at radius 3 is 2.90 bits per heavy atom. The molecule has 4 rings (SSSR count). The highest BCUT2D eigenvalue weighted by molar-refractivity contribution is 5.97. The zero-order chi connectivity index (χ0) is 20.4. The molecule has 0 aromatic carbocycles. The molecular formula is C19H23FN6O3. The third-order valence-corrected chi connectivity index (χ3v) is 5.22. The summed E-state index contributed by atoms with van der Waals surface area (Å²) in [5.74, 6) is 0.0885. The highest BCUT2D eigenvalue weighted by Crippen LogP contribution is 2.33. The van der Waals surface area contributed by atoms with Crippen LogP contribution in [0.5, 0.6) is 5.88 Å². The summed E-state index contributed by atoms with van der Waals surface area (Å²) in [5.41, 5.74) is -0.207. The lowest BCUT2D eigenvalue weighted by atomic mass is 9.86. The second-order valence-electron chi connectivity index (χ2n) is 7.14. The van der Waals surface area contributed by atoms with E-state index >= 15 is 4.39 Å². The second kappa shape index (κ2) is 7.78. The number of aliphatic hydroxyl groups is 1. The van der Waals surface area contributed by atoms with Gasteiger partial charge in [0.05, 0.1) is 37.7 Å². The molecule has 154 valence electrons. The SMILES string of the molecule is COc1ccn2ncc(-c3cc(NC(=O)C4(F)CCCCC4)n(CCO)n3)c2n1. The molecule has 2 N–H and O–H groups in total. The molecule has 3 aromatic heterocycles. The van der Waals surface area contributed by atoms with Gasteiger partial charge >= 0.3 is 0 Å². The Morgan fingerprint density at radius 1 is 1.38 bits per heavy atom. The van der Waals surface area contributed by atoms with Gasteiger partial charge in [0, 0.05) is 18.3 Å². The van der Waals surface area contributed by atoms with E-state index < -0.39 is 11.6 Å². The van der Waals surface area contributed by atoms with Crippen molar-refractivity contribution in [3.05, 3.63) is 24.5 Å². The number of nitrogens with zero attached hydrogens (tertiary/aromatic N) is 5. The quantitative estimate of drug-likeness (QED) is 0.655. The van der Waals surface area contributed by atoms with Gasteiger partial charge in [-0.3, -0.25) is 4.79 Å². The monoisotopic (exact) mass is 402 g/mol. The van der Waals surface area contributed by atoms with Gasteiger partial charge in [0.15, 0.2) is 11.3 Å². The molecule has 0 saturated heterocycles. The number of rotatable bonds is 6. The van der Waals surface area contributed by atoms with Crippen molar-refractivity contribution in [1.82, 2.24) is 24.4 Å². The first-order valence-electron chi connectivity index (χ1n) is 9.62. The first-order valence-corrected chi connectivity index (χ1v) is 9.62. The van der Waals surface area contributed by atoms with E-state index in [1.54, 1.807) is 29.0 Å². The van der Waals surface area contributed by atoms with Crippen LogP contribution < -0.4 is 10.1 Å². The maximum atomic E-state index is 15.0. The Morgan fingerprint density at radius 2 is 2.17 bits per heavy atom. The zero-order valence-corrected chi connectivity index (χ0v) is 16.1. The third kappa shape index (κ3) is 3.67. The van der Waals surface area contributed by atoms with E-state index in [2.05, 4.69) is 20.5 Å². The number of fused-ring (bicyclic) bond motifs is 1. The number of ether oxygens (including phenoxy) is 1. The molecule has 0 atom stereocenters. The van der Waals surface area contributed by atoms with Crippen LogP contribution in [-0.4, -0.2) is 54.8 Å². The van der Waals surface area contributed by atoms with Gasteiger partial charge in [0.2, 0.25) is 5.88 Å². The van der Waals surface area contributed by atoms with Gasteiger partial charge in [-0.2, -0.15) is 15.2 Å². The Balaban J connectivity index is 1.67. The van der Waals surface area contributed by atoms with Crippen LogP contribution >= 0.6 is 0 Å². The standard InChI is InChI=1S/C19H23FN6O3/c1-29-16-5-8-26-17(23-16)13(12-21-26)14-11-15(25(24-14)9-10-27)22-18(28)19(20)6-3-2-4-7-19/h5,8,11-12,27H,2-4,6-7,9-10H2,1H3,(H,22,28). The van der Waals surface area contributed by atoms with Gasteiger partial charge in [0.25, 0.3) is 5.91 Å². The van der Waals surface area contributed by atoms with E-state index in [-0.39, 0.29) is 26.0 Å². The second-order valence-corrected chi connectivity index (χ2v) is 7.14. The highest BCUT2D eigenvalue weighted by Gasteiger charge is 2.40. The topological polar surface area (TPSA) is 107 Å². The summed E-state index contributed by atoms with van der Waals surface area (Å²) in [4.78, 5) is 17.0. The molecule has 0 radical (unpaired) electrons. The molecule has 3 aromatic rings. The van der Waals surface area contributed by atoms with Crippen LogP contribution in [-0.2, 0) is 11.3 Å². The Hall–Kier alpha value is -3.01. The van der Waals surface area contributed by atoms with Crippen molar-refractivity contribution in [3.63, 3.8) is 0 Å². The molecule has 0 aliphatic heterocycles. The first kappa shape index (κ1) is 19.3. The molecule has 1 fully saturated rings. The summed E-state index contributed by atoms with van der Waals surface area (Å²) < 4.78 is 23.2. The lowest BCUT2D eigenvalue weighted by Crippen LogP contribution is -2.40. The summed E-state index contributed by atoms with van der Waals surface area (Å²) in [6.07, 6.45) is 6.10. The number of hydrogen-bond donors (Lipinski definition) is 2. The van der Waals surface area contributed by atoms with Gasteiger partial charge in [-0.25, -0.2) is 13.6 Å². The van der Waals surface area contributed by atoms with Crippen LogP contribution in [0.15, 0.2) is 24.5 Å². The van der Waals surface area contributed by atoms with E-state index in [0.717, 1.165) is 6.42 Å². The number of methoxy groups -OCH3 is 1. The number of nitrogens with one attached hydrogen (secondary N) is 1. The molecule has 29 heavy (non-hydrogen) atoms. The maximum Gasteiger partial charge on any atom is 0.263 e. The number of alkyl halides is 1. The number of carbonyl (C=O) groups is 1.